The van der Waals surface area contributed by atoms with E-state index in [0.29, 0.717) is 24.5 Å². The SMILES string of the molecule is CCOC(CN1C(=O)C(=O)c2cc(C)ccc21)OCC. The molecule has 0 N–H and O–H groups in total. The summed E-state index contributed by atoms with van der Waals surface area (Å²) in [7, 11) is 0. The lowest BCUT2D eigenvalue weighted by Gasteiger charge is -2.23. The van der Waals surface area contributed by atoms with Gasteiger partial charge in [0.1, 0.15) is 0 Å². The van der Waals surface area contributed by atoms with Crippen LogP contribution in [0.2, 0.25) is 0 Å². The number of ketones is 1. The number of nitrogens with zero attached hydrogens (tertiary/aromatic N) is 1. The number of benzene rings is 1. The Hall–Kier alpha value is -1.72. The van der Waals surface area contributed by atoms with Crippen molar-refractivity contribution in [2.45, 2.75) is 27.1 Å². The summed E-state index contributed by atoms with van der Waals surface area (Å²) in [5.41, 5.74) is 2.05. The quantitative estimate of drug-likeness (QED) is 0.589. The lowest BCUT2D eigenvalue weighted by Crippen LogP contribution is -2.39. The van der Waals surface area contributed by atoms with Crippen molar-refractivity contribution < 1.29 is 19.1 Å². The maximum Gasteiger partial charge on any atom is 0.299 e. The average Bonchev–Trinajstić information content (AvgIpc) is 2.64. The third-order valence-electron chi connectivity index (χ3n) is 3.16. The first-order chi connectivity index (χ1) is 9.58. The molecule has 0 radical (unpaired) electrons. The molecular weight excluding hydrogens is 258 g/mol. The smallest absolute Gasteiger partial charge is 0.299 e. The molecule has 2 rings (SSSR count). The van der Waals surface area contributed by atoms with Crippen molar-refractivity contribution >= 4 is 17.4 Å². The van der Waals surface area contributed by atoms with Gasteiger partial charge in [0.05, 0.1) is 17.8 Å². The van der Waals surface area contributed by atoms with E-state index in [1.807, 2.05) is 26.8 Å². The van der Waals surface area contributed by atoms with Gasteiger partial charge >= 0.3 is 0 Å². The van der Waals surface area contributed by atoms with E-state index >= 15 is 0 Å². The van der Waals surface area contributed by atoms with Gasteiger partial charge in [-0.3, -0.25) is 14.5 Å². The second-order valence-electron chi connectivity index (χ2n) is 4.61. The first-order valence-electron chi connectivity index (χ1n) is 6.78. The highest BCUT2D eigenvalue weighted by Gasteiger charge is 2.37. The minimum Gasteiger partial charge on any atom is -0.351 e. The molecule has 0 bridgehead atoms. The topological polar surface area (TPSA) is 55.8 Å². The van der Waals surface area contributed by atoms with Crippen LogP contribution in [0.3, 0.4) is 0 Å². The number of hydrogen-bond donors (Lipinski definition) is 0. The van der Waals surface area contributed by atoms with Crippen molar-refractivity contribution in [3.05, 3.63) is 29.3 Å². The van der Waals surface area contributed by atoms with Crippen LogP contribution in [0.1, 0.15) is 29.8 Å². The first-order valence-corrected chi connectivity index (χ1v) is 6.78. The molecule has 20 heavy (non-hydrogen) atoms. The Bertz CT molecular complexity index is 521. The summed E-state index contributed by atoms with van der Waals surface area (Å²) < 4.78 is 10.9. The standard InChI is InChI=1S/C15H19NO4/c1-4-19-13(20-5-2)9-16-12-7-6-10(3)8-11(12)14(17)15(16)18/h6-8,13H,4-5,9H2,1-3H3. The molecule has 0 saturated carbocycles. The molecule has 0 atom stereocenters. The van der Waals surface area contributed by atoms with Crippen LogP contribution < -0.4 is 4.90 Å². The molecule has 108 valence electrons. The van der Waals surface area contributed by atoms with Gasteiger partial charge in [0.15, 0.2) is 6.29 Å². The van der Waals surface area contributed by atoms with Gasteiger partial charge in [0.2, 0.25) is 0 Å². The first kappa shape index (κ1) is 14.7. The van der Waals surface area contributed by atoms with Crippen molar-refractivity contribution in [1.29, 1.82) is 0 Å². The van der Waals surface area contributed by atoms with E-state index in [-0.39, 0.29) is 6.54 Å². The van der Waals surface area contributed by atoms with E-state index in [2.05, 4.69) is 0 Å². The van der Waals surface area contributed by atoms with Crippen LogP contribution in [0.4, 0.5) is 5.69 Å². The van der Waals surface area contributed by atoms with Crippen molar-refractivity contribution in [2.24, 2.45) is 0 Å². The number of anilines is 1. The zero-order valence-corrected chi connectivity index (χ0v) is 12.0. The molecule has 1 amide bonds. The maximum atomic E-state index is 12.1. The van der Waals surface area contributed by atoms with E-state index in [9.17, 15) is 9.59 Å². The van der Waals surface area contributed by atoms with Crippen LogP contribution >= 0.6 is 0 Å². The minimum absolute atomic E-state index is 0.225. The molecule has 1 aromatic carbocycles. The van der Waals surface area contributed by atoms with Gasteiger partial charge in [-0.25, -0.2) is 0 Å². The number of hydrogen-bond acceptors (Lipinski definition) is 4. The molecule has 1 aliphatic heterocycles. The summed E-state index contributed by atoms with van der Waals surface area (Å²) in [6.07, 6.45) is -0.519. The van der Waals surface area contributed by atoms with Crippen LogP contribution in [-0.2, 0) is 14.3 Å². The average molecular weight is 277 g/mol. The highest BCUT2D eigenvalue weighted by atomic mass is 16.7. The molecule has 1 heterocycles. The molecule has 1 aliphatic rings. The van der Waals surface area contributed by atoms with Crippen LogP contribution in [0.15, 0.2) is 18.2 Å². The molecule has 0 spiro atoms. The maximum absolute atomic E-state index is 12.1. The third-order valence-corrected chi connectivity index (χ3v) is 3.16. The Balaban J connectivity index is 2.24. The van der Waals surface area contributed by atoms with Gasteiger partial charge in [0.25, 0.3) is 11.7 Å². The summed E-state index contributed by atoms with van der Waals surface area (Å²) >= 11 is 0. The second-order valence-corrected chi connectivity index (χ2v) is 4.61. The normalized spacial score (nSPS) is 14.3. The van der Waals surface area contributed by atoms with Gasteiger partial charge in [0, 0.05) is 13.2 Å². The molecule has 0 unspecified atom stereocenters. The van der Waals surface area contributed by atoms with Crippen molar-refractivity contribution in [3.8, 4) is 0 Å². The summed E-state index contributed by atoms with van der Waals surface area (Å²) in [6, 6.07) is 5.42. The van der Waals surface area contributed by atoms with E-state index < -0.39 is 18.0 Å². The number of fused-ring (bicyclic) bond motifs is 1. The largest absolute Gasteiger partial charge is 0.351 e. The summed E-state index contributed by atoms with van der Waals surface area (Å²) in [6.45, 7) is 6.82. The van der Waals surface area contributed by atoms with E-state index in [4.69, 9.17) is 9.47 Å². The van der Waals surface area contributed by atoms with Crippen LogP contribution in [0, 0.1) is 6.92 Å². The number of rotatable bonds is 6. The summed E-state index contributed by atoms with van der Waals surface area (Å²) in [5.74, 6) is -0.981. The number of carbonyl (C=O) groups excluding carboxylic acids is 2. The highest BCUT2D eigenvalue weighted by Crippen LogP contribution is 2.30. The Morgan fingerprint density at radius 1 is 1.15 bits per heavy atom. The van der Waals surface area contributed by atoms with Crippen molar-refractivity contribution in [1.82, 2.24) is 0 Å². The Labute approximate surface area is 118 Å². The second kappa shape index (κ2) is 6.15. The molecule has 5 nitrogen and oxygen atoms in total. The predicted octanol–water partition coefficient (Wildman–Crippen LogP) is 1.92. The molecule has 0 saturated heterocycles. The lowest BCUT2D eigenvalue weighted by atomic mass is 10.1. The molecule has 0 fully saturated rings. The Kier molecular flexibility index (Phi) is 4.52. The number of amides is 1. The van der Waals surface area contributed by atoms with Gasteiger partial charge in [-0.2, -0.15) is 0 Å². The molecule has 0 aliphatic carbocycles. The van der Waals surface area contributed by atoms with E-state index in [0.717, 1.165) is 5.56 Å². The molecule has 5 heteroatoms. The predicted molar refractivity (Wildman–Crippen MR) is 74.9 cm³/mol. The minimum atomic E-state index is -0.519. The Morgan fingerprint density at radius 3 is 2.40 bits per heavy atom. The van der Waals surface area contributed by atoms with Crippen LogP contribution in [0.25, 0.3) is 0 Å². The molecular formula is C15H19NO4. The number of ether oxygens (including phenoxy) is 2. The fourth-order valence-corrected chi connectivity index (χ4v) is 2.27. The molecule has 1 aromatic rings. The number of aryl methyl sites for hydroxylation is 1. The zero-order valence-electron chi connectivity index (χ0n) is 12.0. The highest BCUT2D eigenvalue weighted by molar-refractivity contribution is 6.52. The summed E-state index contributed by atoms with van der Waals surface area (Å²) in [4.78, 5) is 25.5. The van der Waals surface area contributed by atoms with Gasteiger partial charge in [-0.05, 0) is 32.9 Å². The van der Waals surface area contributed by atoms with Gasteiger partial charge < -0.3 is 9.47 Å². The van der Waals surface area contributed by atoms with Crippen LogP contribution in [-0.4, -0.2) is 37.7 Å². The zero-order chi connectivity index (χ0) is 14.7. The van der Waals surface area contributed by atoms with Crippen molar-refractivity contribution in [3.63, 3.8) is 0 Å². The lowest BCUT2D eigenvalue weighted by molar-refractivity contribution is -0.134. The third kappa shape index (κ3) is 2.73. The fraction of sp³-hybridized carbons (Fsp3) is 0.467. The van der Waals surface area contributed by atoms with Crippen molar-refractivity contribution in [2.75, 3.05) is 24.7 Å². The van der Waals surface area contributed by atoms with E-state index in [1.54, 1.807) is 12.1 Å². The number of carbonyl (C=O) groups is 2. The Morgan fingerprint density at radius 2 is 1.80 bits per heavy atom. The van der Waals surface area contributed by atoms with Gasteiger partial charge in [-0.1, -0.05) is 11.6 Å². The number of Topliss-reactive ketones (excluding diaryl/α,β-unsaturated/α-hetero) is 1. The monoisotopic (exact) mass is 277 g/mol. The fourth-order valence-electron chi connectivity index (χ4n) is 2.27. The molecule has 0 aromatic heterocycles. The van der Waals surface area contributed by atoms with Gasteiger partial charge in [-0.15, -0.1) is 0 Å². The summed E-state index contributed by atoms with van der Waals surface area (Å²) in [5, 5.41) is 0. The van der Waals surface area contributed by atoms with Crippen LogP contribution in [0.5, 0.6) is 0 Å². The van der Waals surface area contributed by atoms with E-state index in [1.165, 1.54) is 4.90 Å².